The highest BCUT2D eigenvalue weighted by molar-refractivity contribution is 8.13. The quantitative estimate of drug-likeness (QED) is 0.0774. The molecule has 6 rings (SSSR count). The summed E-state index contributed by atoms with van der Waals surface area (Å²) in [4.78, 5) is 32.7. The van der Waals surface area contributed by atoms with Crippen LogP contribution in [0, 0.1) is 10.8 Å². The van der Waals surface area contributed by atoms with Gasteiger partial charge in [-0.2, -0.15) is 10.2 Å². The number of guanidine groups is 2. The van der Waals surface area contributed by atoms with E-state index in [1.807, 2.05) is 25.1 Å². The molecular formula is C43H69Cl4N11O6S2. The Hall–Kier alpha value is -3.72. The lowest BCUT2D eigenvalue weighted by molar-refractivity contribution is -0.115. The van der Waals surface area contributed by atoms with Crippen molar-refractivity contribution >= 4 is 113 Å². The summed E-state index contributed by atoms with van der Waals surface area (Å²) >= 11 is 9.53. The summed E-state index contributed by atoms with van der Waals surface area (Å²) in [5, 5.41) is 17.6. The van der Waals surface area contributed by atoms with Gasteiger partial charge < -0.3 is 21.3 Å². The maximum absolute atomic E-state index is 12.8. The normalized spacial score (nSPS) is 16.8. The summed E-state index contributed by atoms with van der Waals surface area (Å²) in [7, 11) is -2.40. The van der Waals surface area contributed by atoms with Crippen LogP contribution in [-0.4, -0.2) is 119 Å². The first-order valence-corrected chi connectivity index (χ1v) is 26.7. The first kappa shape index (κ1) is 60.3. The van der Waals surface area contributed by atoms with Gasteiger partial charge in [-0.3, -0.25) is 19.6 Å². The molecule has 2 aromatic carbocycles. The zero-order chi connectivity index (χ0) is 48.7. The molecule has 0 atom stereocenters. The maximum Gasteiger partial charge on any atom is 0.264 e. The Balaban J connectivity index is 0.000000473. The number of hydrogen-bond acceptors (Lipinski definition) is 11. The molecule has 2 aromatic rings. The molecule has 0 radical (unpaired) electrons. The number of amides is 2. The van der Waals surface area contributed by atoms with E-state index in [0.29, 0.717) is 35.8 Å². The number of carbonyl (C=O) groups excluding carboxylic acids is 2. The summed E-state index contributed by atoms with van der Waals surface area (Å²) < 4.78 is 49.8. The molecule has 0 unspecified atom stereocenters. The van der Waals surface area contributed by atoms with Gasteiger partial charge in [0.25, 0.3) is 19.1 Å². The Bertz CT molecular complexity index is 2120. The van der Waals surface area contributed by atoms with Gasteiger partial charge in [-0.05, 0) is 108 Å². The van der Waals surface area contributed by atoms with E-state index in [1.54, 1.807) is 17.1 Å². The van der Waals surface area contributed by atoms with Crippen molar-refractivity contribution in [1.29, 1.82) is 0 Å². The number of carbonyl (C=O) groups is 2. The van der Waals surface area contributed by atoms with Gasteiger partial charge in [-0.25, -0.2) is 31.6 Å². The van der Waals surface area contributed by atoms with E-state index in [1.165, 1.54) is 108 Å². The van der Waals surface area contributed by atoms with Gasteiger partial charge in [0.1, 0.15) is 0 Å². The molecule has 4 aliphatic rings. The van der Waals surface area contributed by atoms with Crippen LogP contribution in [0.1, 0.15) is 99.8 Å². The van der Waals surface area contributed by atoms with Gasteiger partial charge in [0.2, 0.25) is 23.7 Å². The highest BCUT2D eigenvalue weighted by Gasteiger charge is 2.40. The second-order valence-corrected chi connectivity index (χ2v) is 20.6. The molecular weight excluding hydrogens is 972 g/mol. The number of benzene rings is 2. The van der Waals surface area contributed by atoms with Gasteiger partial charge in [0.15, 0.2) is 0 Å². The van der Waals surface area contributed by atoms with E-state index < -0.39 is 19.1 Å². The van der Waals surface area contributed by atoms with Crippen molar-refractivity contribution in [2.24, 2.45) is 36.8 Å². The molecule has 2 amide bonds. The number of halogens is 4. The Morgan fingerprint density at radius 1 is 0.697 bits per heavy atom. The molecule has 2 saturated carbocycles. The molecule has 66 heavy (non-hydrogen) atoms. The predicted molar refractivity (Wildman–Crippen MR) is 274 cm³/mol. The Morgan fingerprint density at radius 2 is 1.08 bits per heavy atom. The molecule has 17 nitrogen and oxygen atoms in total. The Labute approximate surface area is 413 Å². The molecule has 0 bridgehead atoms. The van der Waals surface area contributed by atoms with Crippen LogP contribution >= 0.6 is 46.3 Å². The van der Waals surface area contributed by atoms with Crippen LogP contribution in [0.25, 0.3) is 0 Å². The lowest BCUT2D eigenvalue weighted by Crippen LogP contribution is -2.42. The van der Waals surface area contributed by atoms with Crippen LogP contribution in [0.5, 0.6) is 0 Å². The molecule has 2 aliphatic heterocycles. The van der Waals surface area contributed by atoms with Gasteiger partial charge >= 0.3 is 0 Å². The summed E-state index contributed by atoms with van der Waals surface area (Å²) in [6.45, 7) is 19.5. The van der Waals surface area contributed by atoms with Crippen LogP contribution in [0.4, 0.5) is 11.4 Å². The lowest BCUT2D eigenvalue weighted by atomic mass is 9.88. The number of aliphatic imine (C=N–C) groups is 2. The lowest BCUT2D eigenvalue weighted by Gasteiger charge is -2.23. The molecule has 2 aliphatic carbocycles. The number of sulfonamides is 1. The van der Waals surface area contributed by atoms with E-state index in [4.69, 9.17) is 39.6 Å². The first-order valence-electron chi connectivity index (χ1n) is 21.8. The Kier molecular flexibility index (Phi) is 27.3. The number of nitrogens with one attached hydrogen (secondary N) is 3. The van der Waals surface area contributed by atoms with Crippen molar-refractivity contribution in [3.8, 4) is 0 Å². The van der Waals surface area contributed by atoms with E-state index in [2.05, 4.69) is 67.4 Å². The molecule has 5 N–H and O–H groups in total. The van der Waals surface area contributed by atoms with Gasteiger partial charge in [0, 0.05) is 72.3 Å². The fourth-order valence-electron chi connectivity index (χ4n) is 7.38. The van der Waals surface area contributed by atoms with Crippen molar-refractivity contribution < 1.29 is 26.4 Å². The largest absolute Gasteiger partial charge is 0.368 e. The number of rotatable bonds is 10. The third-order valence-corrected chi connectivity index (χ3v) is 13.4. The number of nitrogens with two attached hydrogens (primary N) is 1. The minimum atomic E-state index is -3.81. The second-order valence-electron chi connectivity index (χ2n) is 15.5. The van der Waals surface area contributed by atoms with Crippen molar-refractivity contribution in [2.45, 2.75) is 110 Å². The topological polar surface area (TPSA) is 224 Å². The average Bonchev–Trinajstić information content (AvgIpc) is 4.10. The maximum atomic E-state index is 12.8. The summed E-state index contributed by atoms with van der Waals surface area (Å²) in [6.07, 6.45) is 13.7. The van der Waals surface area contributed by atoms with Crippen LogP contribution in [0.2, 0.25) is 0 Å². The SMILES string of the molecule is CC(=O)Nc1ccc(S(=O)(=O)Cl)cc1.CCN(CC)CC.CCN=C(N)N1CC2(C=N1)CCCC2.CCN=C(NS(=O)(=O)c1ccc(NC(C)=O)cc1)N1CC2(C=N1)CCCC2.Cl.ClCCl. The molecule has 0 saturated heterocycles. The second kappa shape index (κ2) is 29.9. The zero-order valence-electron chi connectivity index (χ0n) is 39.1. The molecule has 23 heteroatoms. The van der Waals surface area contributed by atoms with Crippen LogP contribution in [-0.2, 0) is 28.7 Å². The van der Waals surface area contributed by atoms with Crippen molar-refractivity contribution in [2.75, 3.05) is 61.8 Å². The fraction of sp³-hybridized carbons (Fsp3) is 0.581. The van der Waals surface area contributed by atoms with E-state index >= 15 is 0 Å². The van der Waals surface area contributed by atoms with Crippen molar-refractivity contribution in [1.82, 2.24) is 19.6 Å². The fourth-order valence-corrected chi connectivity index (χ4v) is 9.17. The molecule has 2 heterocycles. The highest BCUT2D eigenvalue weighted by atomic mass is 35.7. The first-order chi connectivity index (χ1) is 30.7. The molecule has 2 spiro atoms. The van der Waals surface area contributed by atoms with E-state index in [0.717, 1.165) is 25.9 Å². The Morgan fingerprint density at radius 3 is 1.42 bits per heavy atom. The van der Waals surface area contributed by atoms with Crippen LogP contribution < -0.4 is 21.1 Å². The monoisotopic (exact) mass is 1040 g/mol. The van der Waals surface area contributed by atoms with Gasteiger partial charge in [0.05, 0.1) is 28.2 Å². The van der Waals surface area contributed by atoms with E-state index in [9.17, 15) is 26.4 Å². The van der Waals surface area contributed by atoms with Gasteiger partial charge in [-0.15, -0.1) is 35.6 Å². The number of nitrogens with zero attached hydrogens (tertiary/aromatic N) is 7. The van der Waals surface area contributed by atoms with Crippen molar-refractivity contribution in [3.63, 3.8) is 0 Å². The minimum absolute atomic E-state index is 0. The third kappa shape index (κ3) is 20.7. The van der Waals surface area contributed by atoms with Gasteiger partial charge in [-0.1, -0.05) is 46.5 Å². The summed E-state index contributed by atoms with van der Waals surface area (Å²) in [5.41, 5.74) is 7.22. The zero-order valence-corrected chi connectivity index (χ0v) is 43.8. The van der Waals surface area contributed by atoms with Crippen LogP contribution in [0.3, 0.4) is 0 Å². The molecule has 2 fully saturated rings. The smallest absolute Gasteiger partial charge is 0.264 e. The molecule has 0 aromatic heterocycles. The minimum Gasteiger partial charge on any atom is -0.368 e. The standard InChI is InChI=1S/C18H25N5O3S.C10H18N4.C8H8ClNO3S.C6H15N.CH2Cl2.ClH/c1-3-19-17(23-13-18(12-20-23)10-4-5-11-18)22-27(25,26)16-8-6-15(7-9-16)21-14(2)24;1-2-12-9(11)14-8-10(7-13-14)5-3-4-6-10;1-6(11)10-7-2-4-8(5-3-7)14(9,12)13;1-4-7(5-2)6-3;2-1-3;/h6-9,12H,3-5,10-11,13H2,1-2H3,(H,19,22)(H,21,24);7H,2-6,8H2,1H3,(H2,11,12);2-5H,1H3,(H,10,11);4-6H2,1-3H3;1H2;1H. The molecule has 372 valence electrons. The number of hydrogen-bond donors (Lipinski definition) is 4. The predicted octanol–water partition coefficient (Wildman–Crippen LogP) is 8.11. The third-order valence-electron chi connectivity index (χ3n) is 10.7. The van der Waals surface area contributed by atoms with Crippen LogP contribution in [0.15, 0.2) is 78.5 Å². The number of hydrazone groups is 2. The highest BCUT2D eigenvalue weighted by Crippen LogP contribution is 2.41. The van der Waals surface area contributed by atoms with E-state index in [-0.39, 0.29) is 50.7 Å². The summed E-state index contributed by atoms with van der Waals surface area (Å²) in [5.74, 6) is 0.372. The summed E-state index contributed by atoms with van der Waals surface area (Å²) in [6, 6.07) is 11.6. The number of alkyl halides is 2. The van der Waals surface area contributed by atoms with Crippen molar-refractivity contribution in [3.05, 3.63) is 48.5 Å². The average molecular weight is 1040 g/mol. The number of anilines is 2.